The molecule has 0 spiro atoms. The van der Waals surface area contributed by atoms with Crippen molar-refractivity contribution in [1.82, 2.24) is 5.32 Å². The summed E-state index contributed by atoms with van der Waals surface area (Å²) in [6, 6.07) is 9.81. The summed E-state index contributed by atoms with van der Waals surface area (Å²) in [7, 11) is 0. The Kier molecular flexibility index (Phi) is 5.40. The molecule has 0 heterocycles. The van der Waals surface area contributed by atoms with Gasteiger partial charge in [0.2, 0.25) is 5.91 Å². The van der Waals surface area contributed by atoms with Crippen LogP contribution in [0.15, 0.2) is 30.3 Å². The van der Waals surface area contributed by atoms with Gasteiger partial charge in [0.15, 0.2) is 0 Å². The molecular formula is C18H28N2O. The molecular weight excluding hydrogens is 260 g/mol. The van der Waals surface area contributed by atoms with Gasteiger partial charge in [-0.15, -0.1) is 0 Å². The van der Waals surface area contributed by atoms with Crippen LogP contribution >= 0.6 is 0 Å². The second-order valence-corrected chi connectivity index (χ2v) is 7.05. The van der Waals surface area contributed by atoms with Crippen molar-refractivity contribution in [2.45, 2.75) is 45.4 Å². The number of hydrogen-bond acceptors (Lipinski definition) is 2. The highest BCUT2D eigenvalue weighted by atomic mass is 16.1. The molecule has 21 heavy (non-hydrogen) atoms. The van der Waals surface area contributed by atoms with Crippen molar-refractivity contribution in [1.29, 1.82) is 0 Å². The molecule has 1 aromatic carbocycles. The van der Waals surface area contributed by atoms with Crippen LogP contribution in [0.25, 0.3) is 0 Å². The van der Waals surface area contributed by atoms with Gasteiger partial charge in [-0.05, 0) is 42.6 Å². The molecule has 0 aromatic heterocycles. The molecule has 1 unspecified atom stereocenters. The van der Waals surface area contributed by atoms with Crippen LogP contribution in [0.1, 0.15) is 51.0 Å². The number of carbonyl (C=O) groups is 1. The van der Waals surface area contributed by atoms with Gasteiger partial charge < -0.3 is 11.1 Å². The molecule has 1 amide bonds. The molecule has 1 saturated carbocycles. The number of rotatable bonds is 5. The average Bonchev–Trinajstić information content (AvgIpc) is 2.48. The Bertz CT molecular complexity index is 446. The summed E-state index contributed by atoms with van der Waals surface area (Å²) in [5.74, 6) is 0.455. The molecule has 1 aromatic rings. The van der Waals surface area contributed by atoms with Gasteiger partial charge in [-0.3, -0.25) is 4.79 Å². The monoisotopic (exact) mass is 288 g/mol. The lowest BCUT2D eigenvalue weighted by Gasteiger charge is -2.34. The van der Waals surface area contributed by atoms with Crippen molar-refractivity contribution in [3.8, 4) is 0 Å². The van der Waals surface area contributed by atoms with Crippen LogP contribution in [0.2, 0.25) is 0 Å². The highest BCUT2D eigenvalue weighted by Crippen LogP contribution is 2.37. The van der Waals surface area contributed by atoms with Crippen LogP contribution in [0.4, 0.5) is 0 Å². The van der Waals surface area contributed by atoms with Crippen molar-refractivity contribution >= 4 is 5.91 Å². The minimum atomic E-state index is -0.230. The predicted octanol–water partition coefficient (Wildman–Crippen LogP) is 3.06. The zero-order valence-electron chi connectivity index (χ0n) is 13.3. The first kappa shape index (κ1) is 16.0. The van der Waals surface area contributed by atoms with E-state index < -0.39 is 0 Å². The van der Waals surface area contributed by atoms with E-state index in [1.807, 2.05) is 30.3 Å². The summed E-state index contributed by atoms with van der Waals surface area (Å²) in [5, 5.41) is 3.11. The van der Waals surface area contributed by atoms with Gasteiger partial charge in [0.05, 0.1) is 5.92 Å². The van der Waals surface area contributed by atoms with Gasteiger partial charge in [0.25, 0.3) is 0 Å². The molecule has 3 nitrogen and oxygen atoms in total. The molecule has 1 fully saturated rings. The maximum Gasteiger partial charge on any atom is 0.228 e. The predicted molar refractivity (Wildman–Crippen MR) is 87.0 cm³/mol. The topological polar surface area (TPSA) is 55.1 Å². The Labute approximate surface area is 128 Å². The quantitative estimate of drug-likeness (QED) is 0.875. The lowest BCUT2D eigenvalue weighted by atomic mass is 9.73. The van der Waals surface area contributed by atoms with Gasteiger partial charge in [0, 0.05) is 13.1 Å². The second-order valence-electron chi connectivity index (χ2n) is 7.05. The fourth-order valence-electron chi connectivity index (χ4n) is 3.11. The molecule has 3 N–H and O–H groups in total. The number of hydrogen-bond donors (Lipinski definition) is 2. The summed E-state index contributed by atoms with van der Waals surface area (Å²) in [5.41, 5.74) is 7.27. The largest absolute Gasteiger partial charge is 0.355 e. The van der Waals surface area contributed by atoms with E-state index in [9.17, 15) is 4.79 Å². The third-order valence-corrected chi connectivity index (χ3v) is 4.78. The molecule has 0 bridgehead atoms. The molecule has 0 radical (unpaired) electrons. The summed E-state index contributed by atoms with van der Waals surface area (Å²) >= 11 is 0. The maximum absolute atomic E-state index is 12.4. The Morgan fingerprint density at radius 3 is 2.48 bits per heavy atom. The number of carbonyl (C=O) groups excluding carboxylic acids is 1. The minimum Gasteiger partial charge on any atom is -0.355 e. The summed E-state index contributed by atoms with van der Waals surface area (Å²) < 4.78 is 0. The van der Waals surface area contributed by atoms with E-state index in [2.05, 4.69) is 19.2 Å². The number of amides is 1. The van der Waals surface area contributed by atoms with E-state index >= 15 is 0 Å². The first-order chi connectivity index (χ1) is 10.0. The Balaban J connectivity index is 1.84. The van der Waals surface area contributed by atoms with Crippen molar-refractivity contribution in [2.75, 3.05) is 13.1 Å². The molecule has 1 aliphatic rings. The molecule has 2 rings (SSSR count). The third-order valence-electron chi connectivity index (χ3n) is 4.78. The van der Waals surface area contributed by atoms with E-state index in [1.165, 1.54) is 25.7 Å². The molecule has 116 valence electrons. The van der Waals surface area contributed by atoms with E-state index in [0.717, 1.165) is 12.1 Å². The normalized spacial score (nSPS) is 20.0. The SMILES string of the molecule is CC1(C)CCC(CNC(=O)C(CN)c2ccccc2)CC1. The van der Waals surface area contributed by atoms with Crippen LogP contribution in [-0.2, 0) is 4.79 Å². The van der Waals surface area contributed by atoms with Gasteiger partial charge in [0.1, 0.15) is 0 Å². The van der Waals surface area contributed by atoms with Gasteiger partial charge in [-0.1, -0.05) is 44.2 Å². The molecule has 1 atom stereocenters. The summed E-state index contributed by atoms with van der Waals surface area (Å²) in [6.07, 6.45) is 4.94. The van der Waals surface area contributed by atoms with E-state index in [-0.39, 0.29) is 11.8 Å². The Morgan fingerprint density at radius 1 is 1.29 bits per heavy atom. The number of nitrogens with two attached hydrogens (primary N) is 1. The molecule has 1 aliphatic carbocycles. The lowest BCUT2D eigenvalue weighted by molar-refractivity contribution is -0.122. The lowest BCUT2D eigenvalue weighted by Crippen LogP contribution is -2.37. The van der Waals surface area contributed by atoms with Crippen LogP contribution < -0.4 is 11.1 Å². The van der Waals surface area contributed by atoms with Crippen LogP contribution in [0.3, 0.4) is 0 Å². The zero-order valence-corrected chi connectivity index (χ0v) is 13.3. The second kappa shape index (κ2) is 7.08. The summed E-state index contributed by atoms with van der Waals surface area (Å²) in [6.45, 7) is 5.81. The van der Waals surface area contributed by atoms with E-state index in [1.54, 1.807) is 0 Å². The summed E-state index contributed by atoms with van der Waals surface area (Å²) in [4.78, 5) is 12.4. The van der Waals surface area contributed by atoms with Gasteiger partial charge in [-0.25, -0.2) is 0 Å². The van der Waals surface area contributed by atoms with E-state index in [0.29, 0.717) is 17.9 Å². The first-order valence-electron chi connectivity index (χ1n) is 8.04. The standard InChI is InChI=1S/C18H28N2O/c1-18(2)10-8-14(9-11-18)13-20-17(21)16(12-19)15-6-4-3-5-7-15/h3-7,14,16H,8-13,19H2,1-2H3,(H,20,21). The Hall–Kier alpha value is -1.35. The van der Waals surface area contributed by atoms with Crippen LogP contribution in [-0.4, -0.2) is 19.0 Å². The first-order valence-corrected chi connectivity index (χ1v) is 8.04. The molecule has 0 saturated heterocycles. The Morgan fingerprint density at radius 2 is 1.90 bits per heavy atom. The van der Waals surface area contributed by atoms with Crippen LogP contribution in [0, 0.1) is 11.3 Å². The third kappa shape index (κ3) is 4.57. The fraction of sp³-hybridized carbons (Fsp3) is 0.611. The van der Waals surface area contributed by atoms with Gasteiger partial charge in [-0.2, -0.15) is 0 Å². The smallest absolute Gasteiger partial charge is 0.228 e. The fourth-order valence-corrected chi connectivity index (χ4v) is 3.11. The maximum atomic E-state index is 12.4. The van der Waals surface area contributed by atoms with Crippen molar-refractivity contribution in [2.24, 2.45) is 17.1 Å². The molecule has 3 heteroatoms. The highest BCUT2D eigenvalue weighted by molar-refractivity contribution is 5.83. The van der Waals surface area contributed by atoms with E-state index in [4.69, 9.17) is 5.73 Å². The van der Waals surface area contributed by atoms with Crippen molar-refractivity contribution in [3.05, 3.63) is 35.9 Å². The van der Waals surface area contributed by atoms with Crippen LogP contribution in [0.5, 0.6) is 0 Å². The van der Waals surface area contributed by atoms with Crippen molar-refractivity contribution < 1.29 is 4.79 Å². The number of nitrogens with one attached hydrogen (secondary N) is 1. The number of benzene rings is 1. The zero-order chi connectivity index (χ0) is 15.3. The highest BCUT2D eigenvalue weighted by Gasteiger charge is 2.27. The molecule has 0 aliphatic heterocycles. The van der Waals surface area contributed by atoms with Crippen molar-refractivity contribution in [3.63, 3.8) is 0 Å². The minimum absolute atomic E-state index is 0.0635. The van der Waals surface area contributed by atoms with Gasteiger partial charge >= 0.3 is 0 Å². The average molecular weight is 288 g/mol.